The molecule has 1 atom stereocenters. The Morgan fingerprint density at radius 2 is 1.84 bits per heavy atom. The highest BCUT2D eigenvalue weighted by Gasteiger charge is 2.08. The first-order valence-corrected chi connectivity index (χ1v) is 6.43. The fourth-order valence-corrected chi connectivity index (χ4v) is 1.39. The number of anilines is 1. The lowest BCUT2D eigenvalue weighted by atomic mass is 10.1. The monoisotopic (exact) mass is 263 g/mol. The van der Waals surface area contributed by atoms with Crippen LogP contribution >= 0.6 is 0 Å². The summed E-state index contributed by atoms with van der Waals surface area (Å²) in [4.78, 5) is 23.2. The summed E-state index contributed by atoms with van der Waals surface area (Å²) < 4.78 is 0. The highest BCUT2D eigenvalue weighted by Crippen LogP contribution is 2.04. The molecule has 1 aromatic rings. The van der Waals surface area contributed by atoms with E-state index in [2.05, 4.69) is 24.5 Å². The second kappa shape index (κ2) is 7.41. The molecule has 0 spiro atoms. The normalized spacial score (nSPS) is 11.7. The van der Waals surface area contributed by atoms with Crippen molar-refractivity contribution in [3.05, 3.63) is 29.8 Å². The average Bonchev–Trinajstić information content (AvgIpc) is 2.42. The lowest BCUT2D eigenvalue weighted by molar-refractivity contribution is -0.120. The van der Waals surface area contributed by atoms with Gasteiger partial charge in [-0.3, -0.25) is 9.59 Å². The van der Waals surface area contributed by atoms with Crippen molar-refractivity contribution in [1.82, 2.24) is 10.6 Å². The van der Waals surface area contributed by atoms with Gasteiger partial charge in [-0.15, -0.1) is 0 Å². The van der Waals surface area contributed by atoms with Gasteiger partial charge < -0.3 is 16.4 Å². The molecule has 104 valence electrons. The van der Waals surface area contributed by atoms with Crippen LogP contribution in [0.5, 0.6) is 0 Å². The SMILES string of the molecule is CCC(C)CNC(=O)CNC(=O)c1ccc(N)cc1. The molecule has 0 fully saturated rings. The van der Waals surface area contributed by atoms with Gasteiger partial charge in [0.25, 0.3) is 5.91 Å². The van der Waals surface area contributed by atoms with E-state index in [1.54, 1.807) is 24.3 Å². The minimum absolute atomic E-state index is 0.0142. The van der Waals surface area contributed by atoms with Crippen molar-refractivity contribution in [3.63, 3.8) is 0 Å². The van der Waals surface area contributed by atoms with Gasteiger partial charge in [0.15, 0.2) is 0 Å². The maximum atomic E-state index is 11.7. The fourth-order valence-electron chi connectivity index (χ4n) is 1.39. The van der Waals surface area contributed by atoms with Crippen LogP contribution in [0.25, 0.3) is 0 Å². The summed E-state index contributed by atoms with van der Waals surface area (Å²) in [6, 6.07) is 6.55. The van der Waals surface area contributed by atoms with Gasteiger partial charge >= 0.3 is 0 Å². The molecule has 2 amide bonds. The molecule has 1 rings (SSSR count). The molecule has 4 N–H and O–H groups in total. The Morgan fingerprint density at radius 3 is 2.42 bits per heavy atom. The number of hydrogen-bond donors (Lipinski definition) is 3. The van der Waals surface area contributed by atoms with E-state index in [0.29, 0.717) is 23.7 Å². The lowest BCUT2D eigenvalue weighted by Crippen LogP contribution is -2.38. The van der Waals surface area contributed by atoms with Crippen molar-refractivity contribution < 1.29 is 9.59 Å². The smallest absolute Gasteiger partial charge is 0.251 e. The molecule has 0 aliphatic rings. The van der Waals surface area contributed by atoms with E-state index in [4.69, 9.17) is 5.73 Å². The van der Waals surface area contributed by atoms with Crippen LogP contribution in [0, 0.1) is 5.92 Å². The third-order valence-electron chi connectivity index (χ3n) is 2.93. The van der Waals surface area contributed by atoms with Gasteiger partial charge in [0.2, 0.25) is 5.91 Å². The number of amides is 2. The minimum atomic E-state index is -0.279. The van der Waals surface area contributed by atoms with Crippen LogP contribution < -0.4 is 16.4 Å². The van der Waals surface area contributed by atoms with Crippen molar-refractivity contribution in [1.29, 1.82) is 0 Å². The van der Waals surface area contributed by atoms with E-state index in [1.165, 1.54) is 0 Å². The van der Waals surface area contributed by atoms with Crippen LogP contribution in [-0.2, 0) is 4.79 Å². The first-order valence-electron chi connectivity index (χ1n) is 6.43. The number of rotatable bonds is 6. The summed E-state index contributed by atoms with van der Waals surface area (Å²) in [6.07, 6.45) is 1.01. The summed E-state index contributed by atoms with van der Waals surface area (Å²) in [5.41, 5.74) is 6.62. The maximum Gasteiger partial charge on any atom is 0.251 e. The molecule has 0 bridgehead atoms. The summed E-state index contributed by atoms with van der Waals surface area (Å²) in [7, 11) is 0. The largest absolute Gasteiger partial charge is 0.399 e. The summed E-state index contributed by atoms with van der Waals surface area (Å²) in [5.74, 6) is -0.0143. The highest BCUT2D eigenvalue weighted by atomic mass is 16.2. The Bertz CT molecular complexity index is 429. The van der Waals surface area contributed by atoms with Gasteiger partial charge in [-0.25, -0.2) is 0 Å². The number of nitrogen functional groups attached to an aromatic ring is 1. The Labute approximate surface area is 113 Å². The average molecular weight is 263 g/mol. The van der Waals surface area contributed by atoms with E-state index in [-0.39, 0.29) is 18.4 Å². The minimum Gasteiger partial charge on any atom is -0.399 e. The van der Waals surface area contributed by atoms with Crippen molar-refractivity contribution in [2.24, 2.45) is 5.92 Å². The van der Waals surface area contributed by atoms with E-state index >= 15 is 0 Å². The standard InChI is InChI=1S/C14H21N3O2/c1-3-10(2)8-16-13(18)9-17-14(19)11-4-6-12(15)7-5-11/h4-7,10H,3,8-9,15H2,1-2H3,(H,16,18)(H,17,19). The Morgan fingerprint density at radius 1 is 1.21 bits per heavy atom. The van der Waals surface area contributed by atoms with Gasteiger partial charge in [-0.1, -0.05) is 20.3 Å². The van der Waals surface area contributed by atoms with Crippen LogP contribution in [-0.4, -0.2) is 24.9 Å². The van der Waals surface area contributed by atoms with Crippen molar-refractivity contribution in [2.45, 2.75) is 20.3 Å². The van der Waals surface area contributed by atoms with Crippen LogP contribution in [0.15, 0.2) is 24.3 Å². The molecular formula is C14H21N3O2. The summed E-state index contributed by atoms with van der Waals surface area (Å²) in [5, 5.41) is 5.34. The number of hydrogen-bond acceptors (Lipinski definition) is 3. The Kier molecular flexibility index (Phi) is 5.85. The zero-order valence-electron chi connectivity index (χ0n) is 11.4. The summed E-state index contributed by atoms with van der Waals surface area (Å²) >= 11 is 0. The quantitative estimate of drug-likeness (QED) is 0.673. The van der Waals surface area contributed by atoms with Crippen molar-refractivity contribution in [2.75, 3.05) is 18.8 Å². The molecular weight excluding hydrogens is 242 g/mol. The topological polar surface area (TPSA) is 84.2 Å². The number of benzene rings is 1. The summed E-state index contributed by atoms with van der Waals surface area (Å²) in [6.45, 7) is 4.75. The molecule has 19 heavy (non-hydrogen) atoms. The molecule has 0 aliphatic heterocycles. The van der Waals surface area contributed by atoms with E-state index in [1.807, 2.05) is 0 Å². The first kappa shape index (κ1) is 15.0. The number of carbonyl (C=O) groups is 2. The lowest BCUT2D eigenvalue weighted by Gasteiger charge is -2.10. The Hall–Kier alpha value is -2.04. The fraction of sp³-hybridized carbons (Fsp3) is 0.429. The predicted molar refractivity (Wildman–Crippen MR) is 75.7 cm³/mol. The van der Waals surface area contributed by atoms with Crippen LogP contribution in [0.3, 0.4) is 0 Å². The van der Waals surface area contributed by atoms with E-state index in [0.717, 1.165) is 6.42 Å². The van der Waals surface area contributed by atoms with Gasteiger partial charge in [-0.2, -0.15) is 0 Å². The molecule has 5 nitrogen and oxygen atoms in total. The molecule has 0 saturated carbocycles. The molecule has 1 unspecified atom stereocenters. The van der Waals surface area contributed by atoms with E-state index < -0.39 is 0 Å². The molecule has 0 radical (unpaired) electrons. The van der Waals surface area contributed by atoms with E-state index in [9.17, 15) is 9.59 Å². The molecule has 0 aliphatic carbocycles. The van der Waals surface area contributed by atoms with Crippen molar-refractivity contribution >= 4 is 17.5 Å². The zero-order chi connectivity index (χ0) is 14.3. The van der Waals surface area contributed by atoms with Gasteiger partial charge in [0.05, 0.1) is 6.54 Å². The number of nitrogens with one attached hydrogen (secondary N) is 2. The molecule has 0 saturated heterocycles. The molecule has 1 aromatic carbocycles. The van der Waals surface area contributed by atoms with Crippen LogP contribution in [0.1, 0.15) is 30.6 Å². The second-order valence-corrected chi connectivity index (χ2v) is 4.62. The van der Waals surface area contributed by atoms with Gasteiger partial charge in [0, 0.05) is 17.8 Å². The van der Waals surface area contributed by atoms with Crippen molar-refractivity contribution in [3.8, 4) is 0 Å². The highest BCUT2D eigenvalue weighted by molar-refractivity contribution is 5.96. The Balaban J connectivity index is 2.34. The molecule has 5 heteroatoms. The van der Waals surface area contributed by atoms with Gasteiger partial charge in [0.1, 0.15) is 0 Å². The van der Waals surface area contributed by atoms with Crippen LogP contribution in [0.2, 0.25) is 0 Å². The zero-order valence-corrected chi connectivity index (χ0v) is 11.4. The third kappa shape index (κ3) is 5.42. The number of carbonyl (C=O) groups excluding carboxylic acids is 2. The second-order valence-electron chi connectivity index (χ2n) is 4.62. The third-order valence-corrected chi connectivity index (χ3v) is 2.93. The molecule has 0 heterocycles. The van der Waals surface area contributed by atoms with Gasteiger partial charge in [-0.05, 0) is 30.2 Å². The number of nitrogens with two attached hydrogens (primary N) is 1. The molecule has 0 aromatic heterocycles. The first-order chi connectivity index (χ1) is 9.02. The predicted octanol–water partition coefficient (Wildman–Crippen LogP) is 1.16. The maximum absolute atomic E-state index is 11.7. The van der Waals surface area contributed by atoms with Crippen LogP contribution in [0.4, 0.5) is 5.69 Å².